The highest BCUT2D eigenvalue weighted by atomic mass is 35.5. The van der Waals surface area contributed by atoms with Crippen molar-refractivity contribution in [3.05, 3.63) is 44.0 Å². The first-order valence-corrected chi connectivity index (χ1v) is 5.64. The van der Waals surface area contributed by atoms with Gasteiger partial charge in [-0.05, 0) is 35.6 Å². The van der Waals surface area contributed by atoms with Crippen molar-refractivity contribution in [2.24, 2.45) is 0 Å². The summed E-state index contributed by atoms with van der Waals surface area (Å²) in [5, 5.41) is 4.73. The number of hydrogen-bond acceptors (Lipinski definition) is 4. The van der Waals surface area contributed by atoms with Crippen molar-refractivity contribution in [2.75, 3.05) is 0 Å². The third-order valence-corrected chi connectivity index (χ3v) is 3.08. The van der Waals surface area contributed by atoms with Gasteiger partial charge in [-0.25, -0.2) is 0 Å². The Morgan fingerprint density at radius 3 is 2.50 bits per heavy atom. The van der Waals surface area contributed by atoms with E-state index in [4.69, 9.17) is 11.6 Å². The third kappa shape index (κ3) is 2.05. The molecule has 0 N–H and O–H groups in total. The van der Waals surface area contributed by atoms with Gasteiger partial charge in [0, 0.05) is 11.9 Å². The Morgan fingerprint density at radius 2 is 2.00 bits per heavy atom. The average molecular weight is 255 g/mol. The lowest BCUT2D eigenvalue weighted by Gasteiger charge is -1.98. The zero-order chi connectivity index (χ0) is 11.7. The van der Waals surface area contributed by atoms with Crippen molar-refractivity contribution in [2.45, 2.75) is 6.92 Å². The van der Waals surface area contributed by atoms with Crippen LogP contribution in [0.4, 0.5) is 0 Å². The number of Topliss-reactive ketones (excluding diaryl/α,β-unsaturated/α-hetero) is 1. The Morgan fingerprint density at radius 1 is 1.38 bits per heavy atom. The zero-order valence-corrected chi connectivity index (χ0v) is 9.88. The lowest BCUT2D eigenvalue weighted by atomic mass is 10.3. The highest BCUT2D eigenvalue weighted by Crippen LogP contribution is 2.12. The van der Waals surface area contributed by atoms with E-state index in [9.17, 15) is 9.59 Å². The van der Waals surface area contributed by atoms with Crippen LogP contribution in [-0.4, -0.2) is 15.6 Å². The molecule has 0 saturated heterocycles. The van der Waals surface area contributed by atoms with Crippen LogP contribution in [0.1, 0.15) is 16.7 Å². The molecule has 0 aliphatic carbocycles. The highest BCUT2D eigenvalue weighted by molar-refractivity contribution is 7.11. The number of rotatable bonds is 2. The van der Waals surface area contributed by atoms with Crippen LogP contribution in [0, 0.1) is 0 Å². The molecule has 1 heterocycles. The number of aromatic nitrogens is 2. The van der Waals surface area contributed by atoms with Gasteiger partial charge in [0.05, 0.1) is 5.69 Å². The monoisotopic (exact) mass is 254 g/mol. The smallest absolute Gasteiger partial charge is 0.292 e. The molecule has 0 aliphatic heterocycles. The molecule has 0 radical (unpaired) electrons. The molecule has 0 unspecified atom stereocenters. The summed E-state index contributed by atoms with van der Waals surface area (Å²) < 4.78 is 1.19. The normalized spacial score (nSPS) is 10.4. The van der Waals surface area contributed by atoms with E-state index in [1.807, 2.05) is 0 Å². The number of nitrogens with zero attached hydrogens (tertiary/aromatic N) is 2. The van der Waals surface area contributed by atoms with E-state index < -0.39 is 0 Å². The second kappa shape index (κ2) is 4.19. The molecule has 0 atom stereocenters. The Kier molecular flexibility index (Phi) is 2.89. The predicted octanol–water partition coefficient (Wildman–Crippen LogP) is 2.15. The number of carbonyl (C=O) groups excluding carboxylic acids is 1. The Labute approximate surface area is 100 Å². The van der Waals surface area contributed by atoms with Crippen molar-refractivity contribution < 1.29 is 4.79 Å². The van der Waals surface area contributed by atoms with Gasteiger partial charge in [0.15, 0.2) is 10.8 Å². The maximum atomic E-state index is 11.6. The first-order valence-electron chi connectivity index (χ1n) is 4.45. The minimum Gasteiger partial charge on any atom is -0.292 e. The molecule has 1 aromatic heterocycles. The fraction of sp³-hybridized carbons (Fsp3) is 0.100. The first kappa shape index (κ1) is 11.0. The molecule has 0 aliphatic rings. The van der Waals surface area contributed by atoms with Crippen molar-refractivity contribution in [3.8, 4) is 5.69 Å². The second-order valence-electron chi connectivity index (χ2n) is 3.12. The van der Waals surface area contributed by atoms with Crippen LogP contribution in [0.5, 0.6) is 0 Å². The summed E-state index contributed by atoms with van der Waals surface area (Å²) in [4.78, 5) is 22.3. The summed E-state index contributed by atoms with van der Waals surface area (Å²) in [6, 6.07) is 6.67. The molecular weight excluding hydrogens is 248 g/mol. The molecular formula is C10H7ClN2O2S. The van der Waals surface area contributed by atoms with Gasteiger partial charge in [-0.2, -0.15) is 4.68 Å². The van der Waals surface area contributed by atoms with Crippen molar-refractivity contribution in [1.29, 1.82) is 0 Å². The van der Waals surface area contributed by atoms with Crippen LogP contribution in [0.15, 0.2) is 29.1 Å². The van der Waals surface area contributed by atoms with E-state index in [0.29, 0.717) is 10.7 Å². The summed E-state index contributed by atoms with van der Waals surface area (Å²) >= 11 is 6.57. The Bertz CT molecular complexity index is 586. The van der Waals surface area contributed by atoms with E-state index >= 15 is 0 Å². The quantitative estimate of drug-likeness (QED) is 0.772. The number of carbonyl (C=O) groups is 1. The summed E-state index contributed by atoms with van der Waals surface area (Å²) in [6.07, 6.45) is 0. The van der Waals surface area contributed by atoms with Crippen LogP contribution in [-0.2, 0) is 0 Å². The Balaban J connectivity index is 2.52. The van der Waals surface area contributed by atoms with Gasteiger partial charge in [0.25, 0.3) is 0 Å². The molecule has 4 nitrogen and oxygen atoms in total. The van der Waals surface area contributed by atoms with Crippen LogP contribution in [0.3, 0.4) is 0 Å². The Hall–Kier alpha value is -1.46. The fourth-order valence-corrected chi connectivity index (χ4v) is 1.96. The molecule has 82 valence electrons. The molecule has 0 bridgehead atoms. The summed E-state index contributed by atoms with van der Waals surface area (Å²) in [6.45, 7) is 1.38. The van der Waals surface area contributed by atoms with E-state index in [0.717, 1.165) is 11.3 Å². The van der Waals surface area contributed by atoms with Gasteiger partial charge in [0.1, 0.15) is 0 Å². The minimum absolute atomic E-state index is 0.208. The maximum Gasteiger partial charge on any atom is 0.330 e. The van der Waals surface area contributed by atoms with Gasteiger partial charge in [-0.15, -0.1) is 5.10 Å². The maximum absolute atomic E-state index is 11.6. The van der Waals surface area contributed by atoms with Crippen molar-refractivity contribution in [3.63, 3.8) is 0 Å². The number of benzene rings is 1. The van der Waals surface area contributed by atoms with E-state index in [-0.39, 0.29) is 15.7 Å². The van der Waals surface area contributed by atoms with Gasteiger partial charge >= 0.3 is 4.87 Å². The van der Waals surface area contributed by atoms with Gasteiger partial charge in [-0.3, -0.25) is 9.59 Å². The number of halogens is 1. The minimum atomic E-state index is -0.285. The predicted molar refractivity (Wildman–Crippen MR) is 62.7 cm³/mol. The van der Waals surface area contributed by atoms with Crippen LogP contribution in [0.2, 0.25) is 5.02 Å². The molecule has 1 aromatic carbocycles. The molecule has 0 amide bonds. The van der Waals surface area contributed by atoms with Crippen LogP contribution < -0.4 is 4.87 Å². The third-order valence-electron chi connectivity index (χ3n) is 1.92. The highest BCUT2D eigenvalue weighted by Gasteiger charge is 2.10. The topological polar surface area (TPSA) is 52.0 Å². The number of ketones is 1. The SMILES string of the molecule is CC(=O)c1nn(-c2ccc(Cl)cc2)c(=O)s1. The number of hydrogen-bond donors (Lipinski definition) is 0. The molecule has 2 rings (SSSR count). The fourth-order valence-electron chi connectivity index (χ4n) is 1.17. The van der Waals surface area contributed by atoms with Crippen molar-refractivity contribution >= 4 is 28.7 Å². The largest absolute Gasteiger partial charge is 0.330 e. The molecule has 0 spiro atoms. The zero-order valence-electron chi connectivity index (χ0n) is 8.31. The van der Waals surface area contributed by atoms with Gasteiger partial charge < -0.3 is 0 Å². The van der Waals surface area contributed by atoms with Gasteiger partial charge in [-0.1, -0.05) is 11.6 Å². The lowest BCUT2D eigenvalue weighted by Crippen LogP contribution is -2.12. The van der Waals surface area contributed by atoms with Crippen LogP contribution >= 0.6 is 22.9 Å². The molecule has 0 fully saturated rings. The molecule has 2 aromatic rings. The average Bonchev–Trinajstić information content (AvgIpc) is 2.62. The molecule has 16 heavy (non-hydrogen) atoms. The van der Waals surface area contributed by atoms with Gasteiger partial charge in [0.2, 0.25) is 0 Å². The lowest BCUT2D eigenvalue weighted by molar-refractivity contribution is 0.101. The second-order valence-corrected chi connectivity index (χ2v) is 4.49. The summed E-state index contributed by atoms with van der Waals surface area (Å²) in [5.41, 5.74) is 0.596. The van der Waals surface area contributed by atoms with E-state index in [1.165, 1.54) is 11.6 Å². The molecule has 6 heteroatoms. The first-order chi connectivity index (χ1) is 7.58. The van der Waals surface area contributed by atoms with E-state index in [2.05, 4.69) is 5.10 Å². The summed E-state index contributed by atoms with van der Waals surface area (Å²) in [7, 11) is 0. The van der Waals surface area contributed by atoms with E-state index in [1.54, 1.807) is 24.3 Å². The summed E-state index contributed by atoms with van der Waals surface area (Å²) in [5.74, 6) is -0.213. The molecule has 0 saturated carbocycles. The van der Waals surface area contributed by atoms with Crippen molar-refractivity contribution in [1.82, 2.24) is 9.78 Å². The van der Waals surface area contributed by atoms with Crippen LogP contribution in [0.25, 0.3) is 5.69 Å². The standard InChI is InChI=1S/C10H7ClN2O2S/c1-6(14)9-12-13(10(15)16-9)8-4-2-7(11)3-5-8/h2-5H,1H3.